The van der Waals surface area contributed by atoms with Gasteiger partial charge in [-0.05, 0) is 26.2 Å². The molecule has 0 radical (unpaired) electrons. The van der Waals surface area contributed by atoms with Crippen molar-refractivity contribution in [2.45, 2.75) is 31.7 Å². The van der Waals surface area contributed by atoms with Crippen molar-refractivity contribution in [3.8, 4) is 0 Å². The molecule has 2 N–H and O–H groups in total. The molecular weight excluding hydrogens is 178 g/mol. The van der Waals surface area contributed by atoms with Crippen LogP contribution in [-0.2, 0) is 10.0 Å². The standard InChI is InChI=1S/C7H15NO3S/c1-7(3-2-4-7)8-12(10,11)6-5-9/h8-9H,2-6H2,1H3. The van der Waals surface area contributed by atoms with E-state index in [-0.39, 0.29) is 17.9 Å². The van der Waals surface area contributed by atoms with Gasteiger partial charge in [0.05, 0.1) is 12.4 Å². The summed E-state index contributed by atoms with van der Waals surface area (Å²) in [5, 5.41) is 8.47. The van der Waals surface area contributed by atoms with Crippen LogP contribution in [0.15, 0.2) is 0 Å². The summed E-state index contributed by atoms with van der Waals surface area (Å²) >= 11 is 0. The number of nitrogens with one attached hydrogen (secondary N) is 1. The lowest BCUT2D eigenvalue weighted by molar-refractivity contribution is 0.246. The molecule has 1 fully saturated rings. The molecule has 1 rings (SSSR count). The Balaban J connectivity index is 2.49. The predicted octanol–water partition coefficient (Wildman–Crippen LogP) is -0.159. The first kappa shape index (κ1) is 9.95. The van der Waals surface area contributed by atoms with Crippen LogP contribution in [0, 0.1) is 0 Å². The first-order chi connectivity index (χ1) is 5.47. The van der Waals surface area contributed by atoms with Crippen molar-refractivity contribution >= 4 is 10.0 Å². The normalized spacial score (nSPS) is 21.8. The zero-order chi connectivity index (χ0) is 9.24. The summed E-state index contributed by atoms with van der Waals surface area (Å²) in [6.45, 7) is 1.58. The highest BCUT2D eigenvalue weighted by molar-refractivity contribution is 7.89. The van der Waals surface area contributed by atoms with Crippen molar-refractivity contribution in [3.63, 3.8) is 0 Å². The monoisotopic (exact) mass is 193 g/mol. The van der Waals surface area contributed by atoms with Gasteiger partial charge in [-0.25, -0.2) is 13.1 Å². The van der Waals surface area contributed by atoms with Gasteiger partial charge >= 0.3 is 0 Å². The van der Waals surface area contributed by atoms with Gasteiger partial charge in [-0.3, -0.25) is 0 Å². The maximum absolute atomic E-state index is 11.2. The highest BCUT2D eigenvalue weighted by Crippen LogP contribution is 2.31. The Labute approximate surface area is 73.0 Å². The molecule has 0 saturated heterocycles. The van der Waals surface area contributed by atoms with Crippen molar-refractivity contribution in [2.24, 2.45) is 0 Å². The minimum Gasteiger partial charge on any atom is -0.395 e. The van der Waals surface area contributed by atoms with Crippen LogP contribution in [0.2, 0.25) is 0 Å². The van der Waals surface area contributed by atoms with Gasteiger partial charge in [0.15, 0.2) is 0 Å². The van der Waals surface area contributed by atoms with Crippen molar-refractivity contribution in [2.75, 3.05) is 12.4 Å². The first-order valence-corrected chi connectivity index (χ1v) is 5.75. The fourth-order valence-corrected chi connectivity index (χ4v) is 2.65. The minimum atomic E-state index is -3.25. The molecule has 0 amide bonds. The zero-order valence-corrected chi connectivity index (χ0v) is 8.02. The molecular formula is C7H15NO3S. The third-order valence-corrected chi connectivity index (χ3v) is 3.74. The second-order valence-electron chi connectivity index (χ2n) is 3.56. The Hall–Kier alpha value is -0.130. The molecule has 1 saturated carbocycles. The maximum atomic E-state index is 11.2. The molecule has 1 aliphatic rings. The number of aliphatic hydroxyl groups excluding tert-OH is 1. The average molecular weight is 193 g/mol. The highest BCUT2D eigenvalue weighted by Gasteiger charge is 2.35. The summed E-state index contributed by atoms with van der Waals surface area (Å²) in [4.78, 5) is 0. The zero-order valence-electron chi connectivity index (χ0n) is 7.21. The van der Waals surface area contributed by atoms with E-state index >= 15 is 0 Å². The highest BCUT2D eigenvalue weighted by atomic mass is 32.2. The molecule has 4 nitrogen and oxygen atoms in total. The summed E-state index contributed by atoms with van der Waals surface area (Å²) < 4.78 is 24.9. The topological polar surface area (TPSA) is 66.4 Å². The quantitative estimate of drug-likeness (QED) is 0.652. The molecule has 0 unspecified atom stereocenters. The molecule has 72 valence electrons. The fourth-order valence-electron chi connectivity index (χ4n) is 1.36. The van der Waals surface area contributed by atoms with Crippen LogP contribution in [0.25, 0.3) is 0 Å². The van der Waals surface area contributed by atoms with Crippen LogP contribution in [0.5, 0.6) is 0 Å². The molecule has 0 aromatic carbocycles. The third-order valence-electron chi connectivity index (χ3n) is 2.22. The van der Waals surface area contributed by atoms with E-state index in [1.54, 1.807) is 0 Å². The Morgan fingerprint density at radius 2 is 2.08 bits per heavy atom. The lowest BCUT2D eigenvalue weighted by Gasteiger charge is -2.38. The van der Waals surface area contributed by atoms with Crippen molar-refractivity contribution in [1.29, 1.82) is 0 Å². The maximum Gasteiger partial charge on any atom is 0.214 e. The van der Waals surface area contributed by atoms with Crippen molar-refractivity contribution in [3.05, 3.63) is 0 Å². The van der Waals surface area contributed by atoms with Crippen molar-refractivity contribution in [1.82, 2.24) is 4.72 Å². The van der Waals surface area contributed by atoms with Crippen LogP contribution in [0.1, 0.15) is 26.2 Å². The fraction of sp³-hybridized carbons (Fsp3) is 1.00. The van der Waals surface area contributed by atoms with Crippen LogP contribution in [0.3, 0.4) is 0 Å². The number of aliphatic hydroxyl groups is 1. The summed E-state index contributed by atoms with van der Waals surface area (Å²) in [6, 6.07) is 0. The van der Waals surface area contributed by atoms with Crippen LogP contribution >= 0.6 is 0 Å². The van der Waals surface area contributed by atoms with E-state index in [9.17, 15) is 8.42 Å². The predicted molar refractivity (Wildman–Crippen MR) is 46.3 cm³/mol. The smallest absolute Gasteiger partial charge is 0.214 e. The second-order valence-corrected chi connectivity index (χ2v) is 5.40. The Morgan fingerprint density at radius 1 is 1.50 bits per heavy atom. The number of hydrogen-bond donors (Lipinski definition) is 2. The van der Waals surface area contributed by atoms with Gasteiger partial charge in [-0.2, -0.15) is 0 Å². The van der Waals surface area contributed by atoms with Gasteiger partial charge < -0.3 is 5.11 Å². The van der Waals surface area contributed by atoms with Gasteiger partial charge in [-0.1, -0.05) is 0 Å². The van der Waals surface area contributed by atoms with E-state index in [1.165, 1.54) is 0 Å². The number of sulfonamides is 1. The molecule has 0 spiro atoms. The summed E-state index contributed by atoms with van der Waals surface area (Å²) in [6.07, 6.45) is 2.88. The average Bonchev–Trinajstić information content (AvgIpc) is 1.83. The second kappa shape index (κ2) is 3.32. The van der Waals surface area contributed by atoms with Gasteiger partial charge in [0.25, 0.3) is 0 Å². The molecule has 0 aromatic rings. The number of rotatable bonds is 4. The summed E-state index contributed by atoms with van der Waals surface area (Å²) in [7, 11) is -3.25. The molecule has 5 heteroatoms. The van der Waals surface area contributed by atoms with Gasteiger partial charge in [0.2, 0.25) is 10.0 Å². The molecule has 0 atom stereocenters. The van der Waals surface area contributed by atoms with Crippen LogP contribution < -0.4 is 4.72 Å². The Morgan fingerprint density at radius 3 is 2.42 bits per heavy atom. The lowest BCUT2D eigenvalue weighted by Crippen LogP contribution is -2.51. The molecule has 0 aromatic heterocycles. The van der Waals surface area contributed by atoms with E-state index in [0.29, 0.717) is 0 Å². The molecule has 12 heavy (non-hydrogen) atoms. The van der Waals surface area contributed by atoms with E-state index < -0.39 is 10.0 Å². The summed E-state index contributed by atoms with van der Waals surface area (Å²) in [5.41, 5.74) is -0.242. The number of hydrogen-bond acceptors (Lipinski definition) is 3. The van der Waals surface area contributed by atoms with Gasteiger partial charge in [0, 0.05) is 5.54 Å². The first-order valence-electron chi connectivity index (χ1n) is 4.10. The van der Waals surface area contributed by atoms with Crippen LogP contribution in [-0.4, -0.2) is 31.4 Å². The summed E-state index contributed by atoms with van der Waals surface area (Å²) in [5.74, 6) is -0.192. The molecule has 1 aliphatic carbocycles. The van der Waals surface area contributed by atoms with E-state index in [4.69, 9.17) is 5.11 Å². The molecule has 0 aliphatic heterocycles. The van der Waals surface area contributed by atoms with Crippen molar-refractivity contribution < 1.29 is 13.5 Å². The lowest BCUT2D eigenvalue weighted by atomic mass is 9.80. The van der Waals surface area contributed by atoms with E-state index in [1.807, 2.05) is 6.92 Å². The largest absolute Gasteiger partial charge is 0.395 e. The third kappa shape index (κ3) is 2.43. The SMILES string of the molecule is CC1(NS(=O)(=O)CCO)CCC1. The minimum absolute atomic E-state index is 0.192. The van der Waals surface area contributed by atoms with Gasteiger partial charge in [0.1, 0.15) is 0 Å². The Kier molecular flexibility index (Phi) is 2.75. The molecule has 0 heterocycles. The Bertz CT molecular complexity index is 243. The van der Waals surface area contributed by atoms with E-state index in [0.717, 1.165) is 19.3 Å². The van der Waals surface area contributed by atoms with Crippen LogP contribution in [0.4, 0.5) is 0 Å². The molecule has 0 bridgehead atoms. The van der Waals surface area contributed by atoms with Gasteiger partial charge in [-0.15, -0.1) is 0 Å². The van der Waals surface area contributed by atoms with E-state index in [2.05, 4.69) is 4.72 Å².